The smallest absolute Gasteiger partial charge is 0.128 e. The van der Waals surface area contributed by atoms with Gasteiger partial charge in [0, 0.05) is 30.1 Å². The third kappa shape index (κ3) is 1.18. The number of nitrogens with two attached hydrogens (primary N) is 1. The van der Waals surface area contributed by atoms with Crippen molar-refractivity contribution in [2.24, 2.45) is 5.73 Å². The SMILES string of the molecule is COc1cccc2c1cc1n2CCC1CN. The molecule has 3 rings (SSSR count). The molecule has 2 N–H and O–H groups in total. The van der Waals surface area contributed by atoms with Gasteiger partial charge in [-0.05, 0) is 24.6 Å². The van der Waals surface area contributed by atoms with Crippen molar-refractivity contribution in [1.82, 2.24) is 4.57 Å². The van der Waals surface area contributed by atoms with Crippen LogP contribution in [0.4, 0.5) is 0 Å². The molecule has 0 saturated heterocycles. The standard InChI is InChI=1S/C13H16N2O/c1-16-13-4-2-3-11-10(13)7-12-9(8-14)5-6-15(11)12/h2-4,7,9H,5-6,8,14H2,1H3. The lowest BCUT2D eigenvalue weighted by Gasteiger charge is -2.03. The molecular formula is C13H16N2O. The first-order chi connectivity index (χ1) is 7.85. The zero-order chi connectivity index (χ0) is 11.1. The van der Waals surface area contributed by atoms with Crippen LogP contribution < -0.4 is 10.5 Å². The van der Waals surface area contributed by atoms with E-state index < -0.39 is 0 Å². The highest BCUT2D eigenvalue weighted by Gasteiger charge is 2.24. The molecule has 0 radical (unpaired) electrons. The Bertz CT molecular complexity index is 530. The first-order valence-electron chi connectivity index (χ1n) is 5.71. The van der Waals surface area contributed by atoms with Crippen LogP contribution in [0.15, 0.2) is 24.3 Å². The molecule has 1 aliphatic heterocycles. The molecule has 84 valence electrons. The largest absolute Gasteiger partial charge is 0.496 e. The molecule has 1 atom stereocenters. The van der Waals surface area contributed by atoms with Crippen LogP contribution in [0.3, 0.4) is 0 Å². The predicted octanol–water partition coefficient (Wildman–Crippen LogP) is 2.10. The highest BCUT2D eigenvalue weighted by atomic mass is 16.5. The number of hydrogen-bond acceptors (Lipinski definition) is 2. The molecule has 1 aliphatic rings. The molecule has 2 heterocycles. The van der Waals surface area contributed by atoms with E-state index in [0.29, 0.717) is 5.92 Å². The molecule has 0 spiro atoms. The third-order valence-corrected chi connectivity index (χ3v) is 3.56. The number of aromatic nitrogens is 1. The van der Waals surface area contributed by atoms with Crippen molar-refractivity contribution in [1.29, 1.82) is 0 Å². The second kappa shape index (κ2) is 3.52. The summed E-state index contributed by atoms with van der Waals surface area (Å²) in [4.78, 5) is 0. The molecule has 3 heteroatoms. The van der Waals surface area contributed by atoms with Crippen LogP contribution in [0, 0.1) is 0 Å². The van der Waals surface area contributed by atoms with Gasteiger partial charge in [-0.25, -0.2) is 0 Å². The first kappa shape index (κ1) is 9.73. The lowest BCUT2D eigenvalue weighted by Crippen LogP contribution is -2.08. The Morgan fingerprint density at radius 2 is 2.38 bits per heavy atom. The Labute approximate surface area is 94.8 Å². The van der Waals surface area contributed by atoms with E-state index in [0.717, 1.165) is 18.8 Å². The highest BCUT2D eigenvalue weighted by Crippen LogP contribution is 2.36. The molecule has 0 fully saturated rings. The highest BCUT2D eigenvalue weighted by molar-refractivity contribution is 5.88. The van der Waals surface area contributed by atoms with Gasteiger partial charge in [0.05, 0.1) is 12.6 Å². The van der Waals surface area contributed by atoms with Crippen LogP contribution >= 0.6 is 0 Å². The maximum atomic E-state index is 5.80. The van der Waals surface area contributed by atoms with Gasteiger partial charge >= 0.3 is 0 Å². The minimum absolute atomic E-state index is 0.511. The molecule has 0 amide bonds. The Hall–Kier alpha value is -1.48. The van der Waals surface area contributed by atoms with Crippen molar-refractivity contribution in [2.75, 3.05) is 13.7 Å². The van der Waals surface area contributed by atoms with Crippen molar-refractivity contribution in [2.45, 2.75) is 18.9 Å². The number of aryl methyl sites for hydroxylation is 1. The predicted molar refractivity (Wildman–Crippen MR) is 64.9 cm³/mol. The van der Waals surface area contributed by atoms with Gasteiger partial charge in [-0.15, -0.1) is 0 Å². The van der Waals surface area contributed by atoms with E-state index in [1.807, 2.05) is 12.1 Å². The summed E-state index contributed by atoms with van der Waals surface area (Å²) in [7, 11) is 1.72. The van der Waals surface area contributed by atoms with Crippen LogP contribution in [0.1, 0.15) is 18.0 Å². The summed E-state index contributed by atoms with van der Waals surface area (Å²) in [6, 6.07) is 8.44. The van der Waals surface area contributed by atoms with Gasteiger partial charge in [0.2, 0.25) is 0 Å². The molecular weight excluding hydrogens is 200 g/mol. The van der Waals surface area contributed by atoms with Crippen LogP contribution in [0.5, 0.6) is 5.75 Å². The third-order valence-electron chi connectivity index (χ3n) is 3.56. The van der Waals surface area contributed by atoms with Gasteiger partial charge in [0.1, 0.15) is 5.75 Å². The first-order valence-corrected chi connectivity index (χ1v) is 5.71. The second-order valence-corrected chi connectivity index (χ2v) is 4.34. The summed E-state index contributed by atoms with van der Waals surface area (Å²) in [5, 5.41) is 1.21. The molecule has 1 unspecified atom stereocenters. The summed E-state index contributed by atoms with van der Waals surface area (Å²) in [6.07, 6.45) is 1.17. The fraction of sp³-hybridized carbons (Fsp3) is 0.385. The average molecular weight is 216 g/mol. The number of rotatable bonds is 2. The Kier molecular flexibility index (Phi) is 2.14. The average Bonchev–Trinajstić information content (AvgIpc) is 2.86. The van der Waals surface area contributed by atoms with Gasteiger partial charge in [-0.1, -0.05) is 6.07 Å². The fourth-order valence-corrected chi connectivity index (χ4v) is 2.71. The van der Waals surface area contributed by atoms with Crippen LogP contribution in [0.2, 0.25) is 0 Å². The number of nitrogens with zero attached hydrogens (tertiary/aromatic N) is 1. The van der Waals surface area contributed by atoms with E-state index in [2.05, 4.69) is 16.7 Å². The Morgan fingerprint density at radius 3 is 3.12 bits per heavy atom. The summed E-state index contributed by atoms with van der Waals surface area (Å²) >= 11 is 0. The second-order valence-electron chi connectivity index (χ2n) is 4.34. The van der Waals surface area contributed by atoms with E-state index in [1.165, 1.54) is 23.0 Å². The van der Waals surface area contributed by atoms with Gasteiger partial charge in [0.25, 0.3) is 0 Å². The van der Waals surface area contributed by atoms with Crippen LogP contribution in [-0.2, 0) is 6.54 Å². The maximum Gasteiger partial charge on any atom is 0.128 e. The summed E-state index contributed by atoms with van der Waals surface area (Å²) < 4.78 is 7.76. The quantitative estimate of drug-likeness (QED) is 0.835. The lowest BCUT2D eigenvalue weighted by molar-refractivity contribution is 0.420. The topological polar surface area (TPSA) is 40.2 Å². The molecule has 0 saturated carbocycles. The van der Waals surface area contributed by atoms with Gasteiger partial charge in [0.15, 0.2) is 0 Å². The molecule has 1 aromatic carbocycles. The van der Waals surface area contributed by atoms with E-state index in [1.54, 1.807) is 7.11 Å². The monoisotopic (exact) mass is 216 g/mol. The van der Waals surface area contributed by atoms with Crippen molar-refractivity contribution >= 4 is 10.9 Å². The molecule has 1 aromatic heterocycles. The number of ether oxygens (including phenoxy) is 1. The van der Waals surface area contributed by atoms with Gasteiger partial charge in [-0.3, -0.25) is 0 Å². The maximum absolute atomic E-state index is 5.80. The van der Waals surface area contributed by atoms with Gasteiger partial charge in [-0.2, -0.15) is 0 Å². The number of methoxy groups -OCH3 is 1. The molecule has 0 bridgehead atoms. The van der Waals surface area contributed by atoms with Crippen molar-refractivity contribution in [3.63, 3.8) is 0 Å². The number of benzene rings is 1. The van der Waals surface area contributed by atoms with Gasteiger partial charge < -0.3 is 15.0 Å². The summed E-state index contributed by atoms with van der Waals surface area (Å²) in [6.45, 7) is 1.81. The minimum Gasteiger partial charge on any atom is -0.496 e. The summed E-state index contributed by atoms with van der Waals surface area (Å²) in [5.41, 5.74) is 8.43. The van der Waals surface area contributed by atoms with E-state index in [4.69, 9.17) is 10.5 Å². The van der Waals surface area contributed by atoms with Crippen molar-refractivity contribution in [3.05, 3.63) is 30.0 Å². The molecule has 16 heavy (non-hydrogen) atoms. The molecule has 0 aliphatic carbocycles. The molecule has 3 nitrogen and oxygen atoms in total. The van der Waals surface area contributed by atoms with Crippen molar-refractivity contribution in [3.8, 4) is 5.75 Å². The van der Waals surface area contributed by atoms with E-state index >= 15 is 0 Å². The zero-order valence-electron chi connectivity index (χ0n) is 9.44. The fourth-order valence-electron chi connectivity index (χ4n) is 2.71. The van der Waals surface area contributed by atoms with Crippen LogP contribution in [-0.4, -0.2) is 18.2 Å². The Balaban J connectivity index is 2.25. The van der Waals surface area contributed by atoms with E-state index in [9.17, 15) is 0 Å². The van der Waals surface area contributed by atoms with Crippen molar-refractivity contribution < 1.29 is 4.74 Å². The normalized spacial score (nSPS) is 19.0. The minimum atomic E-state index is 0.511. The lowest BCUT2D eigenvalue weighted by atomic mass is 10.0. The van der Waals surface area contributed by atoms with Crippen LogP contribution in [0.25, 0.3) is 10.9 Å². The zero-order valence-corrected chi connectivity index (χ0v) is 9.44. The number of hydrogen-bond donors (Lipinski definition) is 1. The van der Waals surface area contributed by atoms with E-state index in [-0.39, 0.29) is 0 Å². The Morgan fingerprint density at radius 1 is 1.50 bits per heavy atom. The molecule has 2 aromatic rings. The summed E-state index contributed by atoms with van der Waals surface area (Å²) in [5.74, 6) is 1.47. The number of fused-ring (bicyclic) bond motifs is 3.